The fourth-order valence-electron chi connectivity index (χ4n) is 4.69. The molecule has 0 amide bonds. The van der Waals surface area contributed by atoms with Crippen LogP contribution < -0.4 is 13.6 Å². The van der Waals surface area contributed by atoms with Crippen molar-refractivity contribution in [3.63, 3.8) is 0 Å². The van der Waals surface area contributed by atoms with E-state index in [-0.39, 0.29) is 36.4 Å². The van der Waals surface area contributed by atoms with Crippen molar-refractivity contribution in [3.8, 4) is 17.2 Å². The molecule has 0 radical (unpaired) electrons. The Bertz CT molecular complexity index is 1510. The number of benzene rings is 4. The van der Waals surface area contributed by atoms with Crippen molar-refractivity contribution >= 4 is 55.8 Å². The van der Waals surface area contributed by atoms with Crippen LogP contribution in [0.2, 0.25) is 0 Å². The maximum absolute atomic E-state index is 15.5. The summed E-state index contributed by atoms with van der Waals surface area (Å²) in [5, 5.41) is -2.73. The van der Waals surface area contributed by atoms with Crippen molar-refractivity contribution in [1.29, 1.82) is 0 Å². The SMILES string of the molecule is CCOP(=O)(OCC)C1(C(Cl)(Cl)Cl)N=C(c2ccccc2)OP1(Oc1ccccc1)(Oc1ccccc1)Oc1ccccc1. The molecule has 232 valence electrons. The third-order valence-electron chi connectivity index (χ3n) is 6.41. The van der Waals surface area contributed by atoms with E-state index in [4.69, 9.17) is 66.9 Å². The average molecular weight is 697 g/mol. The van der Waals surface area contributed by atoms with E-state index < -0.39 is 23.9 Å². The van der Waals surface area contributed by atoms with E-state index in [0.29, 0.717) is 5.56 Å². The molecule has 1 aliphatic heterocycles. The molecule has 1 heterocycles. The van der Waals surface area contributed by atoms with Gasteiger partial charge in [0.15, 0.2) is 0 Å². The van der Waals surface area contributed by atoms with Crippen LogP contribution in [-0.4, -0.2) is 27.9 Å². The minimum atomic E-state index is -5.93. The Morgan fingerprint density at radius 3 is 1.39 bits per heavy atom. The molecular formula is C31H30Cl3NO7P2. The van der Waals surface area contributed by atoms with E-state index in [0.717, 1.165) is 0 Å². The summed E-state index contributed by atoms with van der Waals surface area (Å²) in [4.78, 5) is 4.85. The van der Waals surface area contributed by atoms with Gasteiger partial charge in [0.05, 0.1) is 0 Å². The van der Waals surface area contributed by atoms with Crippen molar-refractivity contribution < 1.29 is 31.7 Å². The fraction of sp³-hybridized carbons (Fsp3) is 0.194. The van der Waals surface area contributed by atoms with Crippen LogP contribution in [0.3, 0.4) is 0 Å². The van der Waals surface area contributed by atoms with Gasteiger partial charge in [-0.2, -0.15) is 0 Å². The van der Waals surface area contributed by atoms with Crippen molar-refractivity contribution in [2.24, 2.45) is 4.99 Å². The molecule has 0 bridgehead atoms. The molecule has 0 saturated heterocycles. The Labute approximate surface area is 271 Å². The molecule has 8 nitrogen and oxygen atoms in total. The molecule has 0 aliphatic carbocycles. The van der Waals surface area contributed by atoms with Gasteiger partial charge in [0.25, 0.3) is 0 Å². The zero-order chi connectivity index (χ0) is 31.3. The standard InChI is InChI=1S/C31H30Cl3NO7P2/c1-3-37-43(36,38-4-2)31(30(32,33)34)35-29(25-17-9-5-10-18-25)42-44(31,39-26-19-11-6-12-20-26,40-27-21-13-7-14-22-27)41-28-23-15-8-16-24-28/h5-24H,3-4H2,1-2H3. The molecule has 13 heteroatoms. The van der Waals surface area contributed by atoms with E-state index in [1.165, 1.54) is 0 Å². The monoisotopic (exact) mass is 695 g/mol. The van der Waals surface area contributed by atoms with Crippen LogP contribution in [0.1, 0.15) is 19.4 Å². The van der Waals surface area contributed by atoms with Gasteiger partial charge in [0, 0.05) is 0 Å². The Morgan fingerprint density at radius 2 is 1.05 bits per heavy atom. The molecule has 1 atom stereocenters. The zero-order valence-electron chi connectivity index (χ0n) is 23.8. The second-order valence-electron chi connectivity index (χ2n) is 9.37. The van der Waals surface area contributed by atoms with Crippen LogP contribution in [0.15, 0.2) is 126 Å². The number of rotatable bonds is 12. The van der Waals surface area contributed by atoms with E-state index in [1.54, 1.807) is 129 Å². The van der Waals surface area contributed by atoms with Crippen molar-refractivity contribution in [2.75, 3.05) is 13.2 Å². The third kappa shape index (κ3) is 5.70. The summed E-state index contributed by atoms with van der Waals surface area (Å²) in [5.41, 5.74) is 0.433. The summed E-state index contributed by atoms with van der Waals surface area (Å²) in [5.74, 6) is 0.413. The van der Waals surface area contributed by atoms with Crippen molar-refractivity contribution in [3.05, 3.63) is 127 Å². The van der Waals surface area contributed by atoms with Gasteiger partial charge >= 0.3 is 273 Å². The number of alkyl halides is 3. The van der Waals surface area contributed by atoms with Gasteiger partial charge in [-0.15, -0.1) is 0 Å². The minimum absolute atomic E-state index is 0.121. The van der Waals surface area contributed by atoms with Crippen molar-refractivity contribution in [1.82, 2.24) is 0 Å². The van der Waals surface area contributed by atoms with Gasteiger partial charge in [-0.1, -0.05) is 0 Å². The maximum atomic E-state index is 15.5. The summed E-state index contributed by atoms with van der Waals surface area (Å²) in [6.07, 6.45) is 0. The van der Waals surface area contributed by atoms with Gasteiger partial charge in [-0.3, -0.25) is 0 Å². The van der Waals surface area contributed by atoms with E-state index >= 15 is 4.57 Å². The van der Waals surface area contributed by atoms with Crippen LogP contribution in [-0.2, 0) is 18.1 Å². The van der Waals surface area contributed by atoms with Gasteiger partial charge in [-0.25, -0.2) is 0 Å². The number of aliphatic imine (C=N–C) groups is 1. The van der Waals surface area contributed by atoms with Gasteiger partial charge in [0.2, 0.25) is 0 Å². The molecular weight excluding hydrogens is 667 g/mol. The second-order valence-corrected chi connectivity index (χ2v) is 17.2. The fourth-order valence-corrected chi connectivity index (χ4v) is 14.4. The van der Waals surface area contributed by atoms with Crippen LogP contribution >= 0.6 is 49.9 Å². The molecule has 4 aromatic rings. The Morgan fingerprint density at radius 1 is 0.682 bits per heavy atom. The molecule has 5 rings (SSSR count). The summed E-state index contributed by atoms with van der Waals surface area (Å²) in [6.45, 7) is 3.01. The quantitative estimate of drug-likeness (QED) is 0.108. The summed E-state index contributed by atoms with van der Waals surface area (Å²) < 4.78 is 52.1. The number of para-hydroxylation sites is 3. The predicted octanol–water partition coefficient (Wildman–Crippen LogP) is 10.2. The van der Waals surface area contributed by atoms with Gasteiger partial charge < -0.3 is 0 Å². The molecule has 0 aromatic heterocycles. The average Bonchev–Trinajstić information content (AvgIpc) is 3.32. The van der Waals surface area contributed by atoms with E-state index in [1.807, 2.05) is 6.07 Å². The van der Waals surface area contributed by atoms with Crippen LogP contribution in [0.5, 0.6) is 17.2 Å². The Hall–Kier alpha value is -2.80. The first kappa shape index (κ1) is 32.6. The molecule has 0 saturated carbocycles. The van der Waals surface area contributed by atoms with Crippen molar-refractivity contribution in [2.45, 2.75) is 22.7 Å². The number of halogens is 3. The number of nitrogens with zero attached hydrogens (tertiary/aromatic N) is 1. The Balaban J connectivity index is 1.99. The first-order valence-corrected chi connectivity index (χ1v) is 18.3. The summed E-state index contributed by atoms with van der Waals surface area (Å²) in [6, 6.07) is 34.3. The normalized spacial score (nSPS) is 19.9. The molecule has 4 aromatic carbocycles. The summed E-state index contributed by atoms with van der Waals surface area (Å²) >= 11 is 20.9. The summed E-state index contributed by atoms with van der Waals surface area (Å²) in [7, 11) is -10.7. The van der Waals surface area contributed by atoms with Gasteiger partial charge in [-0.05, 0) is 0 Å². The topological polar surface area (TPSA) is 84.8 Å². The first-order valence-electron chi connectivity index (χ1n) is 13.7. The molecule has 0 spiro atoms. The molecule has 1 aliphatic rings. The molecule has 0 N–H and O–H groups in total. The van der Waals surface area contributed by atoms with E-state index in [9.17, 15) is 0 Å². The van der Waals surface area contributed by atoms with Crippen LogP contribution in [0.4, 0.5) is 0 Å². The second kappa shape index (κ2) is 12.9. The molecule has 1 unspecified atom stereocenters. The number of hydrogen-bond acceptors (Lipinski definition) is 8. The molecule has 0 fully saturated rings. The third-order valence-corrected chi connectivity index (χ3v) is 15.6. The number of hydrogen-bond donors (Lipinski definition) is 0. The predicted molar refractivity (Wildman–Crippen MR) is 176 cm³/mol. The molecule has 44 heavy (non-hydrogen) atoms. The Kier molecular flexibility index (Phi) is 9.55. The first-order chi connectivity index (χ1) is 21.1. The van der Waals surface area contributed by atoms with Crippen LogP contribution in [0.25, 0.3) is 0 Å². The zero-order valence-corrected chi connectivity index (χ0v) is 27.9. The van der Waals surface area contributed by atoms with Crippen LogP contribution in [0, 0.1) is 0 Å². The van der Waals surface area contributed by atoms with E-state index in [2.05, 4.69) is 0 Å². The van der Waals surface area contributed by atoms with Gasteiger partial charge in [0.1, 0.15) is 0 Å².